The van der Waals surface area contributed by atoms with Crippen molar-refractivity contribution in [2.24, 2.45) is 0 Å². The second-order valence-corrected chi connectivity index (χ2v) is 7.61. The highest BCUT2D eigenvalue weighted by atomic mass is 16.5. The molecule has 0 spiro atoms. The molecule has 1 amide bonds. The fourth-order valence-corrected chi connectivity index (χ4v) is 3.69. The first-order valence-corrected chi connectivity index (χ1v) is 10.6. The lowest BCUT2D eigenvalue weighted by Gasteiger charge is -2.36. The highest BCUT2D eigenvalue weighted by Gasteiger charge is 2.16. The third-order valence-corrected chi connectivity index (χ3v) is 5.46. The van der Waals surface area contributed by atoms with Gasteiger partial charge in [-0.1, -0.05) is 30.3 Å². The number of anilines is 2. The molecule has 0 unspecified atom stereocenters. The Hall–Kier alpha value is -2.37. The maximum Gasteiger partial charge on any atom is 0.224 e. The molecule has 1 heterocycles. The second-order valence-electron chi connectivity index (χ2n) is 7.61. The molecular weight excluding hydrogens is 362 g/mol. The van der Waals surface area contributed by atoms with Gasteiger partial charge in [0.15, 0.2) is 0 Å². The lowest BCUT2D eigenvalue weighted by molar-refractivity contribution is -0.116. The number of carbonyl (C=O) groups is 1. The normalized spacial score (nSPS) is 14.7. The quantitative estimate of drug-likeness (QED) is 0.622. The van der Waals surface area contributed by atoms with Gasteiger partial charge >= 0.3 is 0 Å². The molecule has 0 aliphatic carbocycles. The lowest BCUT2D eigenvalue weighted by atomic mass is 10.1. The van der Waals surface area contributed by atoms with Crippen LogP contribution in [0.4, 0.5) is 11.4 Å². The molecule has 0 saturated carbocycles. The van der Waals surface area contributed by atoms with Crippen LogP contribution in [0.2, 0.25) is 0 Å². The molecule has 0 aromatic heterocycles. The number of nitrogens with one attached hydrogen (secondary N) is 1. The summed E-state index contributed by atoms with van der Waals surface area (Å²) in [7, 11) is 1.75. The average Bonchev–Trinajstić information content (AvgIpc) is 2.77. The van der Waals surface area contributed by atoms with Crippen molar-refractivity contribution in [3.8, 4) is 0 Å². The Morgan fingerprint density at radius 2 is 1.69 bits per heavy atom. The average molecular weight is 396 g/mol. The van der Waals surface area contributed by atoms with Crippen LogP contribution in [0, 0.1) is 0 Å². The molecule has 5 nitrogen and oxygen atoms in total. The zero-order chi connectivity index (χ0) is 20.3. The molecule has 0 bridgehead atoms. The van der Waals surface area contributed by atoms with Gasteiger partial charge in [0.25, 0.3) is 0 Å². The zero-order valence-electron chi connectivity index (χ0n) is 17.5. The second kappa shape index (κ2) is 11.6. The van der Waals surface area contributed by atoms with E-state index in [1.807, 2.05) is 18.2 Å². The maximum atomic E-state index is 12.2. The fourth-order valence-electron chi connectivity index (χ4n) is 3.69. The van der Waals surface area contributed by atoms with E-state index >= 15 is 0 Å². The van der Waals surface area contributed by atoms with Crippen molar-refractivity contribution in [1.29, 1.82) is 0 Å². The van der Waals surface area contributed by atoms with E-state index in [-0.39, 0.29) is 5.91 Å². The fraction of sp³-hybridized carbons (Fsp3) is 0.458. The van der Waals surface area contributed by atoms with E-state index in [9.17, 15) is 4.79 Å². The van der Waals surface area contributed by atoms with Crippen LogP contribution in [0.3, 0.4) is 0 Å². The number of nitrogens with zero attached hydrogens (tertiary/aromatic N) is 2. The summed E-state index contributed by atoms with van der Waals surface area (Å²) in [6.07, 6.45) is 3.54. The third kappa shape index (κ3) is 7.18. The van der Waals surface area contributed by atoms with E-state index in [0.717, 1.165) is 64.3 Å². The molecule has 1 N–H and O–H groups in total. The molecule has 29 heavy (non-hydrogen) atoms. The van der Waals surface area contributed by atoms with Crippen molar-refractivity contribution in [3.63, 3.8) is 0 Å². The van der Waals surface area contributed by atoms with Crippen LogP contribution in [0.1, 0.15) is 24.8 Å². The number of carbonyl (C=O) groups excluding carboxylic acids is 1. The van der Waals surface area contributed by atoms with Crippen molar-refractivity contribution in [3.05, 3.63) is 60.2 Å². The molecule has 156 valence electrons. The predicted molar refractivity (Wildman–Crippen MR) is 120 cm³/mol. The van der Waals surface area contributed by atoms with Gasteiger partial charge in [0.1, 0.15) is 0 Å². The van der Waals surface area contributed by atoms with Crippen LogP contribution in [-0.4, -0.2) is 57.2 Å². The van der Waals surface area contributed by atoms with Gasteiger partial charge in [0.05, 0.1) is 6.61 Å². The first kappa shape index (κ1) is 21.3. The molecule has 3 rings (SSSR count). The van der Waals surface area contributed by atoms with Crippen LogP contribution in [0.15, 0.2) is 54.6 Å². The van der Waals surface area contributed by atoms with Crippen LogP contribution in [0.25, 0.3) is 0 Å². The zero-order valence-corrected chi connectivity index (χ0v) is 17.5. The van der Waals surface area contributed by atoms with Gasteiger partial charge in [-0.25, -0.2) is 0 Å². The van der Waals surface area contributed by atoms with Crippen LogP contribution < -0.4 is 10.2 Å². The van der Waals surface area contributed by atoms with Gasteiger partial charge < -0.3 is 15.0 Å². The molecule has 1 aliphatic heterocycles. The van der Waals surface area contributed by atoms with Crippen molar-refractivity contribution < 1.29 is 9.53 Å². The predicted octanol–water partition coefficient (Wildman–Crippen LogP) is 3.81. The summed E-state index contributed by atoms with van der Waals surface area (Å²) in [5, 5.41) is 3.02. The summed E-state index contributed by atoms with van der Waals surface area (Å²) in [5.74, 6) is 0.0950. The number of methoxy groups -OCH3 is 1. The number of aryl methyl sites for hydroxylation is 1. The van der Waals surface area contributed by atoms with Gasteiger partial charge in [-0.3, -0.25) is 9.69 Å². The third-order valence-electron chi connectivity index (χ3n) is 5.46. The summed E-state index contributed by atoms with van der Waals surface area (Å²) >= 11 is 0. The van der Waals surface area contributed by atoms with Crippen LogP contribution in [0.5, 0.6) is 0 Å². The van der Waals surface area contributed by atoms with Gasteiger partial charge in [0.2, 0.25) is 5.91 Å². The number of ether oxygens (including phenoxy) is 1. The van der Waals surface area contributed by atoms with E-state index in [1.165, 1.54) is 11.3 Å². The Bertz CT molecular complexity index is 726. The number of unbranched alkanes of at least 4 members (excludes halogenated alkanes) is 1. The minimum absolute atomic E-state index is 0.0950. The van der Waals surface area contributed by atoms with Gasteiger partial charge in [0, 0.05) is 57.6 Å². The molecule has 0 radical (unpaired) electrons. The number of benzene rings is 2. The first-order chi connectivity index (χ1) is 14.2. The number of amides is 1. The highest BCUT2D eigenvalue weighted by Crippen LogP contribution is 2.20. The lowest BCUT2D eigenvalue weighted by Crippen LogP contribution is -2.47. The Labute approximate surface area is 174 Å². The molecule has 2 aromatic carbocycles. The van der Waals surface area contributed by atoms with E-state index in [2.05, 4.69) is 51.5 Å². The van der Waals surface area contributed by atoms with Gasteiger partial charge in [-0.2, -0.15) is 0 Å². The molecular formula is C24H33N3O2. The molecule has 1 aliphatic rings. The molecule has 1 saturated heterocycles. The Balaban J connectivity index is 1.36. The van der Waals surface area contributed by atoms with Crippen molar-refractivity contribution in [2.45, 2.75) is 25.7 Å². The van der Waals surface area contributed by atoms with Gasteiger partial charge in [-0.05, 0) is 49.1 Å². The minimum Gasteiger partial charge on any atom is -0.383 e. The molecule has 0 atom stereocenters. The van der Waals surface area contributed by atoms with Crippen LogP contribution in [-0.2, 0) is 16.0 Å². The van der Waals surface area contributed by atoms with E-state index < -0.39 is 0 Å². The Morgan fingerprint density at radius 3 is 2.38 bits per heavy atom. The highest BCUT2D eigenvalue weighted by molar-refractivity contribution is 5.90. The number of rotatable bonds is 10. The van der Waals surface area contributed by atoms with Crippen molar-refractivity contribution in [2.75, 3.05) is 56.7 Å². The van der Waals surface area contributed by atoms with Gasteiger partial charge in [-0.15, -0.1) is 0 Å². The van der Waals surface area contributed by atoms with E-state index in [1.54, 1.807) is 7.11 Å². The van der Waals surface area contributed by atoms with Crippen molar-refractivity contribution in [1.82, 2.24) is 4.90 Å². The SMILES string of the molecule is COCCN1CCN(c2ccc(NC(=O)CCCCc3ccccc3)cc2)CC1. The largest absolute Gasteiger partial charge is 0.383 e. The van der Waals surface area contributed by atoms with E-state index in [4.69, 9.17) is 4.74 Å². The standard InChI is InChI=1S/C24H33N3O2/c1-29-20-19-26-15-17-27(18-16-26)23-13-11-22(12-14-23)25-24(28)10-6-5-9-21-7-3-2-4-8-21/h2-4,7-8,11-14H,5-6,9-10,15-20H2,1H3,(H,25,28). The number of piperazine rings is 1. The summed E-state index contributed by atoms with van der Waals surface area (Å²) in [6, 6.07) is 18.7. The smallest absolute Gasteiger partial charge is 0.224 e. The minimum atomic E-state index is 0.0950. The topological polar surface area (TPSA) is 44.8 Å². The number of hydrogen-bond acceptors (Lipinski definition) is 4. The summed E-state index contributed by atoms with van der Waals surface area (Å²) in [4.78, 5) is 17.0. The maximum absolute atomic E-state index is 12.2. The van der Waals surface area contributed by atoms with Crippen molar-refractivity contribution >= 4 is 17.3 Å². The monoisotopic (exact) mass is 395 g/mol. The number of hydrogen-bond donors (Lipinski definition) is 1. The summed E-state index contributed by atoms with van der Waals surface area (Å²) < 4.78 is 5.16. The Morgan fingerprint density at radius 1 is 0.966 bits per heavy atom. The summed E-state index contributed by atoms with van der Waals surface area (Å²) in [5.41, 5.74) is 3.43. The van der Waals surface area contributed by atoms with Crippen LogP contribution >= 0.6 is 0 Å². The van der Waals surface area contributed by atoms with E-state index in [0.29, 0.717) is 6.42 Å². The Kier molecular flexibility index (Phi) is 8.53. The first-order valence-electron chi connectivity index (χ1n) is 10.6. The molecule has 2 aromatic rings. The molecule has 5 heteroatoms. The summed E-state index contributed by atoms with van der Waals surface area (Å²) in [6.45, 7) is 5.96. The molecule has 1 fully saturated rings.